The van der Waals surface area contributed by atoms with Crippen LogP contribution in [0.3, 0.4) is 0 Å². The van der Waals surface area contributed by atoms with Crippen molar-refractivity contribution >= 4 is 11.8 Å². The molecule has 2 aliphatic heterocycles. The van der Waals surface area contributed by atoms with Gasteiger partial charge in [-0.25, -0.2) is 0 Å². The molecule has 2 saturated heterocycles. The number of thioether (sulfide) groups is 1. The van der Waals surface area contributed by atoms with E-state index >= 15 is 0 Å². The van der Waals surface area contributed by atoms with Crippen molar-refractivity contribution in [2.75, 3.05) is 18.1 Å². The first-order valence-corrected chi connectivity index (χ1v) is 9.80. The van der Waals surface area contributed by atoms with Crippen LogP contribution in [0.1, 0.15) is 58.8 Å². The van der Waals surface area contributed by atoms with Crippen LogP contribution in [0.5, 0.6) is 0 Å². The van der Waals surface area contributed by atoms with Crippen LogP contribution < -0.4 is 5.32 Å². The molecule has 1 spiro atoms. The normalized spacial score (nSPS) is 41.7. The second-order valence-electron chi connectivity index (χ2n) is 7.50. The predicted molar refractivity (Wildman–Crippen MR) is 87.4 cm³/mol. The standard InChI is InChI=1S/C17H31NOS/c1-13-3-4-16(14(2)11-13)18-15-5-8-19-17(12-15)6-9-20-10-7-17/h13-16,18H,3-12H2,1-2H3. The van der Waals surface area contributed by atoms with E-state index in [2.05, 4.69) is 30.9 Å². The molecule has 0 aromatic rings. The van der Waals surface area contributed by atoms with Gasteiger partial charge in [0, 0.05) is 18.7 Å². The van der Waals surface area contributed by atoms with Gasteiger partial charge in [-0.15, -0.1) is 0 Å². The Balaban J connectivity index is 1.54. The van der Waals surface area contributed by atoms with Crippen LogP contribution >= 0.6 is 11.8 Å². The summed E-state index contributed by atoms with van der Waals surface area (Å²) in [6.07, 6.45) is 9.21. The molecule has 1 aliphatic carbocycles. The van der Waals surface area contributed by atoms with Gasteiger partial charge in [-0.3, -0.25) is 0 Å². The number of ether oxygens (including phenoxy) is 1. The zero-order chi connectivity index (χ0) is 14.0. The van der Waals surface area contributed by atoms with E-state index in [0.29, 0.717) is 6.04 Å². The Labute approximate surface area is 128 Å². The van der Waals surface area contributed by atoms with Gasteiger partial charge in [0.15, 0.2) is 0 Å². The highest BCUT2D eigenvalue weighted by molar-refractivity contribution is 7.99. The first kappa shape index (κ1) is 15.2. The molecule has 0 radical (unpaired) electrons. The summed E-state index contributed by atoms with van der Waals surface area (Å²) in [5, 5.41) is 4.01. The van der Waals surface area contributed by atoms with Gasteiger partial charge < -0.3 is 10.1 Å². The second kappa shape index (κ2) is 6.58. The summed E-state index contributed by atoms with van der Waals surface area (Å²) in [4.78, 5) is 0. The number of rotatable bonds is 2. The lowest BCUT2D eigenvalue weighted by Crippen LogP contribution is -2.53. The first-order chi connectivity index (χ1) is 9.67. The molecule has 116 valence electrons. The molecule has 0 amide bonds. The zero-order valence-corrected chi connectivity index (χ0v) is 14.0. The molecule has 4 atom stereocenters. The van der Waals surface area contributed by atoms with Gasteiger partial charge in [0.1, 0.15) is 0 Å². The second-order valence-corrected chi connectivity index (χ2v) is 8.73. The maximum atomic E-state index is 6.22. The Morgan fingerprint density at radius 3 is 2.65 bits per heavy atom. The van der Waals surface area contributed by atoms with E-state index in [9.17, 15) is 0 Å². The van der Waals surface area contributed by atoms with Crippen LogP contribution in [-0.2, 0) is 4.74 Å². The lowest BCUT2D eigenvalue weighted by Gasteiger charge is -2.45. The highest BCUT2D eigenvalue weighted by atomic mass is 32.2. The summed E-state index contributed by atoms with van der Waals surface area (Å²) in [6, 6.07) is 1.46. The van der Waals surface area contributed by atoms with Crippen LogP contribution in [0.4, 0.5) is 0 Å². The van der Waals surface area contributed by atoms with Gasteiger partial charge in [0.05, 0.1) is 5.60 Å². The van der Waals surface area contributed by atoms with E-state index in [0.717, 1.165) is 24.5 Å². The summed E-state index contributed by atoms with van der Waals surface area (Å²) in [6.45, 7) is 5.83. The van der Waals surface area contributed by atoms with Crippen LogP contribution in [0.25, 0.3) is 0 Å². The Kier molecular flexibility index (Phi) is 4.99. The maximum Gasteiger partial charge on any atom is 0.0713 e. The Bertz CT molecular complexity index is 311. The largest absolute Gasteiger partial charge is 0.375 e. The minimum atomic E-state index is 0.229. The van der Waals surface area contributed by atoms with E-state index in [1.165, 1.54) is 56.5 Å². The van der Waals surface area contributed by atoms with Gasteiger partial charge in [0.2, 0.25) is 0 Å². The monoisotopic (exact) mass is 297 g/mol. The van der Waals surface area contributed by atoms with Crippen molar-refractivity contribution in [3.8, 4) is 0 Å². The third kappa shape index (κ3) is 3.53. The molecular weight excluding hydrogens is 266 g/mol. The highest BCUT2D eigenvalue weighted by Gasteiger charge is 2.39. The van der Waals surface area contributed by atoms with Crippen LogP contribution in [-0.4, -0.2) is 35.8 Å². The molecule has 1 saturated carbocycles. The summed E-state index contributed by atoms with van der Waals surface area (Å²) >= 11 is 2.10. The van der Waals surface area contributed by atoms with E-state index in [4.69, 9.17) is 4.74 Å². The third-order valence-electron chi connectivity index (χ3n) is 5.78. The van der Waals surface area contributed by atoms with Gasteiger partial charge in [-0.05, 0) is 68.3 Å². The fourth-order valence-corrected chi connectivity index (χ4v) is 5.71. The Hall–Kier alpha value is 0.270. The minimum absolute atomic E-state index is 0.229. The quantitative estimate of drug-likeness (QED) is 0.836. The van der Waals surface area contributed by atoms with Gasteiger partial charge in [-0.1, -0.05) is 13.8 Å². The number of nitrogens with one attached hydrogen (secondary N) is 1. The molecule has 3 fully saturated rings. The van der Waals surface area contributed by atoms with E-state index in [1.807, 2.05) is 0 Å². The summed E-state index contributed by atoms with van der Waals surface area (Å²) in [5.41, 5.74) is 0.229. The molecule has 3 heteroatoms. The number of hydrogen-bond acceptors (Lipinski definition) is 3. The smallest absolute Gasteiger partial charge is 0.0713 e. The van der Waals surface area contributed by atoms with E-state index in [1.54, 1.807) is 0 Å². The van der Waals surface area contributed by atoms with Crippen molar-refractivity contribution < 1.29 is 4.74 Å². The van der Waals surface area contributed by atoms with Gasteiger partial charge >= 0.3 is 0 Å². The molecule has 3 aliphatic rings. The molecule has 20 heavy (non-hydrogen) atoms. The molecule has 4 unspecified atom stereocenters. The average molecular weight is 298 g/mol. The molecule has 0 aromatic carbocycles. The fraction of sp³-hybridized carbons (Fsp3) is 1.00. The minimum Gasteiger partial charge on any atom is -0.375 e. The summed E-state index contributed by atoms with van der Waals surface area (Å²) < 4.78 is 6.22. The lowest BCUT2D eigenvalue weighted by atomic mass is 9.78. The maximum absolute atomic E-state index is 6.22. The van der Waals surface area contributed by atoms with Gasteiger partial charge in [-0.2, -0.15) is 11.8 Å². The van der Waals surface area contributed by atoms with Crippen molar-refractivity contribution in [2.24, 2.45) is 11.8 Å². The summed E-state index contributed by atoms with van der Waals surface area (Å²) in [7, 11) is 0. The number of hydrogen-bond donors (Lipinski definition) is 1. The topological polar surface area (TPSA) is 21.3 Å². The molecule has 1 N–H and O–H groups in total. The van der Waals surface area contributed by atoms with Gasteiger partial charge in [0.25, 0.3) is 0 Å². The van der Waals surface area contributed by atoms with Crippen molar-refractivity contribution in [1.29, 1.82) is 0 Å². The third-order valence-corrected chi connectivity index (χ3v) is 6.76. The first-order valence-electron chi connectivity index (χ1n) is 8.65. The lowest BCUT2D eigenvalue weighted by molar-refractivity contribution is -0.0953. The Morgan fingerprint density at radius 1 is 1.10 bits per heavy atom. The Morgan fingerprint density at radius 2 is 1.90 bits per heavy atom. The van der Waals surface area contributed by atoms with E-state index in [-0.39, 0.29) is 5.60 Å². The summed E-state index contributed by atoms with van der Waals surface area (Å²) in [5.74, 6) is 4.37. The zero-order valence-electron chi connectivity index (χ0n) is 13.2. The van der Waals surface area contributed by atoms with Crippen molar-refractivity contribution in [3.63, 3.8) is 0 Å². The SMILES string of the molecule is CC1CCC(NC2CCOC3(CCSCC3)C2)C(C)C1. The molecule has 0 bridgehead atoms. The fourth-order valence-electron chi connectivity index (χ4n) is 4.48. The molecule has 2 heterocycles. The van der Waals surface area contributed by atoms with Crippen LogP contribution in [0.2, 0.25) is 0 Å². The van der Waals surface area contributed by atoms with Crippen molar-refractivity contribution in [2.45, 2.75) is 76.5 Å². The van der Waals surface area contributed by atoms with Crippen molar-refractivity contribution in [3.05, 3.63) is 0 Å². The van der Waals surface area contributed by atoms with Crippen molar-refractivity contribution in [1.82, 2.24) is 5.32 Å². The molecule has 0 aromatic heterocycles. The highest BCUT2D eigenvalue weighted by Crippen LogP contribution is 2.38. The predicted octanol–water partition coefficient (Wildman–Crippen LogP) is 3.85. The van der Waals surface area contributed by atoms with Crippen LogP contribution in [0.15, 0.2) is 0 Å². The average Bonchev–Trinajstić information content (AvgIpc) is 2.43. The molecular formula is C17H31NOS. The molecule has 2 nitrogen and oxygen atoms in total. The molecule has 3 rings (SSSR count). The van der Waals surface area contributed by atoms with E-state index < -0.39 is 0 Å². The van der Waals surface area contributed by atoms with Crippen LogP contribution in [0, 0.1) is 11.8 Å².